The number of nitrogens with zero attached hydrogens (tertiary/aromatic N) is 4. The van der Waals surface area contributed by atoms with Gasteiger partial charge in [-0.1, -0.05) is 151 Å². The smallest absolute Gasteiger partial charge is 0.298 e. The number of alkyl halides is 2. The van der Waals surface area contributed by atoms with E-state index < -0.39 is 66.3 Å². The molecule has 62 heavy (non-hydrogen) atoms. The van der Waals surface area contributed by atoms with Gasteiger partial charge in [-0.3, -0.25) is 4.57 Å². The molecule has 4 nitrogen and oxygen atoms in total. The van der Waals surface area contributed by atoms with Crippen LogP contribution in [0.1, 0.15) is 30.4 Å². The Morgan fingerprint density at radius 3 is 1.89 bits per heavy atom. The molecular formula is C56H40F2N4. The fourth-order valence-corrected chi connectivity index (χ4v) is 8.60. The lowest BCUT2D eigenvalue weighted by Gasteiger charge is -2.28. The molecule has 0 saturated carbocycles. The van der Waals surface area contributed by atoms with E-state index in [0.717, 1.165) is 21.9 Å². The molecule has 8 aromatic carbocycles. The van der Waals surface area contributed by atoms with Crippen LogP contribution in [-0.4, -0.2) is 16.2 Å². The Hall–Kier alpha value is -7.83. The molecule has 0 aliphatic carbocycles. The fourth-order valence-electron chi connectivity index (χ4n) is 8.60. The SMILES string of the molecule is [2H]c1c([2H])c([2H])c(-c2cccc(-c3c([2H])c([2H])c([2H])c([2H])c3[2H])c2N2CN(c3cc(-c4ccccc4)cc(C(F)(F)c4ccc5c6ccccc6n(-c6cc(C)ccn6)c5c4)c3)c3ccccc32)c([2H])c1[2H]. The molecule has 298 valence electrons. The average Bonchev–Trinajstić information content (AvgIpc) is 3.95. The van der Waals surface area contributed by atoms with E-state index in [1.165, 1.54) is 24.3 Å². The maximum Gasteiger partial charge on any atom is 0.298 e. The molecule has 0 N–H and O–H groups in total. The number of hydrogen-bond acceptors (Lipinski definition) is 3. The van der Waals surface area contributed by atoms with Crippen molar-refractivity contribution < 1.29 is 22.5 Å². The quantitative estimate of drug-likeness (QED) is 0.153. The molecule has 0 atom stereocenters. The fraction of sp³-hybridized carbons (Fsp3) is 0.0536. The second kappa shape index (κ2) is 15.0. The minimum Gasteiger partial charge on any atom is -0.321 e. The van der Waals surface area contributed by atoms with E-state index in [1.54, 1.807) is 53.6 Å². The Morgan fingerprint density at radius 2 is 1.18 bits per heavy atom. The summed E-state index contributed by atoms with van der Waals surface area (Å²) < 4.78 is 125. The highest BCUT2D eigenvalue weighted by molar-refractivity contribution is 6.09. The summed E-state index contributed by atoms with van der Waals surface area (Å²) in [5.41, 5.74) is 4.44. The van der Waals surface area contributed by atoms with E-state index in [-0.39, 0.29) is 45.7 Å². The minimum atomic E-state index is -3.57. The van der Waals surface area contributed by atoms with Gasteiger partial charge in [-0.15, -0.1) is 0 Å². The van der Waals surface area contributed by atoms with E-state index in [4.69, 9.17) is 13.7 Å². The number of para-hydroxylation sites is 4. The van der Waals surface area contributed by atoms with E-state index in [0.29, 0.717) is 39.5 Å². The van der Waals surface area contributed by atoms with Gasteiger partial charge in [0.25, 0.3) is 5.92 Å². The number of aryl methyl sites for hydroxylation is 1. The number of hydrogen-bond donors (Lipinski definition) is 0. The van der Waals surface area contributed by atoms with E-state index >= 15 is 8.78 Å². The third kappa shape index (κ3) is 6.31. The van der Waals surface area contributed by atoms with Crippen LogP contribution in [-0.2, 0) is 5.92 Å². The second-order valence-corrected chi connectivity index (χ2v) is 15.2. The van der Waals surface area contributed by atoms with Crippen molar-refractivity contribution in [1.82, 2.24) is 9.55 Å². The predicted molar refractivity (Wildman–Crippen MR) is 251 cm³/mol. The molecule has 0 saturated heterocycles. The molecule has 0 fully saturated rings. The van der Waals surface area contributed by atoms with Crippen molar-refractivity contribution in [3.05, 3.63) is 229 Å². The Morgan fingerprint density at radius 1 is 0.532 bits per heavy atom. The Labute approximate surface area is 373 Å². The van der Waals surface area contributed by atoms with Crippen LogP contribution in [0.2, 0.25) is 0 Å². The molecule has 0 unspecified atom stereocenters. The zero-order valence-electron chi connectivity index (χ0n) is 43.2. The van der Waals surface area contributed by atoms with Crippen LogP contribution in [0.3, 0.4) is 0 Å². The summed E-state index contributed by atoms with van der Waals surface area (Å²) in [5, 5.41) is 1.67. The lowest BCUT2D eigenvalue weighted by atomic mass is 9.94. The lowest BCUT2D eigenvalue weighted by molar-refractivity contribution is 0.0430. The van der Waals surface area contributed by atoms with Crippen LogP contribution in [0.4, 0.5) is 31.5 Å². The number of rotatable bonds is 8. The topological polar surface area (TPSA) is 24.3 Å². The molecule has 0 spiro atoms. The molecule has 0 bridgehead atoms. The van der Waals surface area contributed by atoms with Gasteiger partial charge in [0.1, 0.15) is 12.5 Å². The average molecular weight is 817 g/mol. The summed E-state index contributed by atoms with van der Waals surface area (Å²) in [6.45, 7) is 1.84. The van der Waals surface area contributed by atoms with Crippen LogP contribution in [0, 0.1) is 6.92 Å². The van der Waals surface area contributed by atoms with Crippen molar-refractivity contribution in [2.24, 2.45) is 0 Å². The molecule has 0 radical (unpaired) electrons. The third-order valence-corrected chi connectivity index (χ3v) is 11.5. The lowest BCUT2D eigenvalue weighted by Crippen LogP contribution is -2.25. The number of benzene rings is 8. The third-order valence-electron chi connectivity index (χ3n) is 11.5. The number of aromatic nitrogens is 2. The molecule has 2 aromatic heterocycles. The molecule has 1 aliphatic heterocycles. The zero-order chi connectivity index (χ0) is 50.5. The summed E-state index contributed by atoms with van der Waals surface area (Å²) in [7, 11) is 0. The van der Waals surface area contributed by atoms with Crippen LogP contribution in [0.15, 0.2) is 212 Å². The maximum atomic E-state index is 17.9. The Bertz CT molecular complexity index is 3740. The van der Waals surface area contributed by atoms with Gasteiger partial charge in [0.2, 0.25) is 0 Å². The van der Waals surface area contributed by atoms with E-state index in [2.05, 4.69) is 4.98 Å². The first kappa shape index (κ1) is 27.8. The molecular weight excluding hydrogens is 767 g/mol. The summed E-state index contributed by atoms with van der Waals surface area (Å²) in [4.78, 5) is 8.24. The largest absolute Gasteiger partial charge is 0.321 e. The highest BCUT2D eigenvalue weighted by atomic mass is 19.3. The van der Waals surface area contributed by atoms with Crippen LogP contribution >= 0.6 is 0 Å². The standard InChI is InChI=1S/C56H40F2N4/c1-38-30-31-59-54(32-38)62-50-25-12-11-22-48(50)49-29-28-43(36-53(49)62)56(57,58)44-33-42(39-16-5-2-6-17-39)34-45(35-44)60-37-61(52-27-14-13-26-51(52)60)55-46(40-18-7-3-8-19-40)23-15-24-47(55)41-20-9-4-10-21-41/h2-36H,37H2,1H3/i3D,4D,7D,8D,9D,10D,18D,19D,20D,21D. The van der Waals surface area contributed by atoms with Gasteiger partial charge in [-0.2, -0.15) is 8.78 Å². The van der Waals surface area contributed by atoms with Crippen LogP contribution in [0.5, 0.6) is 0 Å². The molecule has 10 aromatic rings. The maximum absolute atomic E-state index is 17.9. The number of halogens is 2. The zero-order valence-corrected chi connectivity index (χ0v) is 33.2. The number of pyridine rings is 1. The Balaban J connectivity index is 1.12. The van der Waals surface area contributed by atoms with E-state index in [1.807, 2.05) is 95.3 Å². The Kier molecular flexibility index (Phi) is 6.74. The van der Waals surface area contributed by atoms with Crippen LogP contribution in [0.25, 0.3) is 61.0 Å². The molecule has 6 heteroatoms. The van der Waals surface area contributed by atoms with Crippen molar-refractivity contribution in [3.63, 3.8) is 0 Å². The van der Waals surface area contributed by atoms with E-state index in [9.17, 15) is 0 Å². The summed E-state index contributed by atoms with van der Waals surface area (Å²) in [6, 6.07) is 36.4. The second-order valence-electron chi connectivity index (χ2n) is 15.2. The van der Waals surface area contributed by atoms with Crippen LogP contribution < -0.4 is 9.80 Å². The van der Waals surface area contributed by atoms with Gasteiger partial charge in [-0.25, -0.2) is 4.98 Å². The first-order valence-corrected chi connectivity index (χ1v) is 20.0. The molecule has 11 rings (SSSR count). The highest BCUT2D eigenvalue weighted by Gasteiger charge is 2.38. The van der Waals surface area contributed by atoms with Gasteiger partial charge in [0.15, 0.2) is 0 Å². The van der Waals surface area contributed by atoms with Crippen molar-refractivity contribution in [1.29, 1.82) is 0 Å². The summed E-state index contributed by atoms with van der Waals surface area (Å²) >= 11 is 0. The van der Waals surface area contributed by atoms with Crippen molar-refractivity contribution >= 4 is 44.6 Å². The molecule has 1 aliphatic rings. The van der Waals surface area contributed by atoms with Crippen molar-refractivity contribution in [2.45, 2.75) is 12.8 Å². The van der Waals surface area contributed by atoms with Gasteiger partial charge in [-0.05, 0) is 89.3 Å². The van der Waals surface area contributed by atoms with Crippen molar-refractivity contribution in [3.8, 4) is 39.2 Å². The van der Waals surface area contributed by atoms with Crippen molar-refractivity contribution in [2.75, 3.05) is 16.5 Å². The first-order valence-electron chi connectivity index (χ1n) is 25.0. The number of anilines is 4. The minimum absolute atomic E-state index is 0.112. The highest BCUT2D eigenvalue weighted by Crippen LogP contribution is 2.51. The predicted octanol–water partition coefficient (Wildman–Crippen LogP) is 14.9. The van der Waals surface area contributed by atoms with Gasteiger partial charge in [0, 0.05) is 44.9 Å². The monoisotopic (exact) mass is 816 g/mol. The van der Waals surface area contributed by atoms with Gasteiger partial charge < -0.3 is 9.80 Å². The summed E-state index contributed by atoms with van der Waals surface area (Å²) in [6.07, 6.45) is 1.70. The normalized spacial score (nSPS) is 14.9. The first-order chi connectivity index (χ1) is 34.6. The number of fused-ring (bicyclic) bond motifs is 4. The van der Waals surface area contributed by atoms with Gasteiger partial charge >= 0.3 is 0 Å². The molecule has 3 heterocycles. The molecule has 0 amide bonds. The van der Waals surface area contributed by atoms with Gasteiger partial charge in [0.05, 0.1) is 41.8 Å². The summed E-state index contributed by atoms with van der Waals surface area (Å²) in [5.74, 6) is -2.98.